The molecule has 0 atom stereocenters. The van der Waals surface area contributed by atoms with E-state index in [9.17, 15) is 4.79 Å². The largest absolute Gasteiger partial charge is 0.344 e. The standard InChI is InChI=1S/C7H10N4O2/c1-5-8-4-3-6(9-5)10-7(12)11-13-2/h3-4H,1-2H3,(H2,8,9,10,11,12). The molecule has 0 aliphatic rings. The van der Waals surface area contributed by atoms with E-state index in [-0.39, 0.29) is 0 Å². The van der Waals surface area contributed by atoms with Gasteiger partial charge in [-0.3, -0.25) is 10.2 Å². The molecule has 0 aliphatic carbocycles. The molecule has 0 spiro atoms. The highest BCUT2D eigenvalue weighted by molar-refractivity contribution is 5.87. The number of carbonyl (C=O) groups is 1. The minimum atomic E-state index is -0.472. The van der Waals surface area contributed by atoms with Crippen LogP contribution >= 0.6 is 0 Å². The SMILES string of the molecule is CONC(=O)Nc1ccnc(C)n1. The van der Waals surface area contributed by atoms with Crippen LogP contribution in [0.4, 0.5) is 10.6 Å². The van der Waals surface area contributed by atoms with Crippen molar-refractivity contribution in [3.63, 3.8) is 0 Å². The minimum absolute atomic E-state index is 0.432. The fraction of sp³-hybridized carbons (Fsp3) is 0.286. The van der Waals surface area contributed by atoms with Crippen LogP contribution in [0.15, 0.2) is 12.3 Å². The molecule has 0 aliphatic heterocycles. The second-order valence-electron chi connectivity index (χ2n) is 2.25. The van der Waals surface area contributed by atoms with Crippen LogP contribution in [0.1, 0.15) is 5.82 Å². The number of anilines is 1. The summed E-state index contributed by atoms with van der Waals surface area (Å²) in [6.45, 7) is 1.74. The van der Waals surface area contributed by atoms with Gasteiger partial charge < -0.3 is 0 Å². The molecule has 1 rings (SSSR count). The lowest BCUT2D eigenvalue weighted by Gasteiger charge is -2.03. The number of nitrogens with zero attached hydrogens (tertiary/aromatic N) is 2. The van der Waals surface area contributed by atoms with Gasteiger partial charge in [-0.1, -0.05) is 0 Å². The first-order chi connectivity index (χ1) is 6.22. The predicted molar refractivity (Wildman–Crippen MR) is 45.9 cm³/mol. The van der Waals surface area contributed by atoms with Gasteiger partial charge in [0.25, 0.3) is 0 Å². The average Bonchev–Trinajstić information content (AvgIpc) is 2.04. The number of nitrogens with one attached hydrogen (secondary N) is 2. The number of hydrogen-bond donors (Lipinski definition) is 2. The smallest absolute Gasteiger partial charge is 0.290 e. The maximum Gasteiger partial charge on any atom is 0.344 e. The summed E-state index contributed by atoms with van der Waals surface area (Å²) in [7, 11) is 1.35. The molecule has 1 aromatic heterocycles. The van der Waals surface area contributed by atoms with Gasteiger partial charge in [-0.05, 0) is 13.0 Å². The van der Waals surface area contributed by atoms with E-state index < -0.39 is 6.03 Å². The summed E-state index contributed by atoms with van der Waals surface area (Å²) in [6, 6.07) is 1.11. The van der Waals surface area contributed by atoms with Crippen molar-refractivity contribution >= 4 is 11.8 Å². The van der Waals surface area contributed by atoms with Crippen LogP contribution in [0.2, 0.25) is 0 Å². The Morgan fingerprint density at radius 3 is 3.00 bits per heavy atom. The highest BCUT2D eigenvalue weighted by atomic mass is 16.6. The van der Waals surface area contributed by atoms with E-state index in [4.69, 9.17) is 0 Å². The van der Waals surface area contributed by atoms with Crippen LogP contribution in [0, 0.1) is 6.92 Å². The molecule has 2 N–H and O–H groups in total. The number of urea groups is 1. The zero-order chi connectivity index (χ0) is 9.68. The van der Waals surface area contributed by atoms with Gasteiger partial charge in [0.2, 0.25) is 0 Å². The molecule has 70 valence electrons. The molecular formula is C7H10N4O2. The number of hydroxylamine groups is 1. The van der Waals surface area contributed by atoms with E-state index >= 15 is 0 Å². The Labute approximate surface area is 75.3 Å². The zero-order valence-electron chi connectivity index (χ0n) is 7.37. The molecule has 1 heterocycles. The number of aromatic nitrogens is 2. The minimum Gasteiger partial charge on any atom is -0.290 e. The molecule has 0 aromatic carbocycles. The normalized spacial score (nSPS) is 9.38. The Morgan fingerprint density at radius 1 is 1.62 bits per heavy atom. The summed E-state index contributed by atoms with van der Waals surface area (Å²) >= 11 is 0. The van der Waals surface area contributed by atoms with Crippen LogP contribution in [-0.2, 0) is 4.84 Å². The fourth-order valence-electron chi connectivity index (χ4n) is 0.760. The van der Waals surface area contributed by atoms with Gasteiger partial charge in [-0.2, -0.15) is 0 Å². The number of carbonyl (C=O) groups excluding carboxylic acids is 1. The maximum atomic E-state index is 10.9. The molecule has 0 saturated heterocycles. The molecule has 1 aromatic rings. The van der Waals surface area contributed by atoms with Crippen LogP contribution in [-0.4, -0.2) is 23.1 Å². The topological polar surface area (TPSA) is 76.1 Å². The van der Waals surface area contributed by atoms with Crippen LogP contribution in [0.5, 0.6) is 0 Å². The number of hydrogen-bond acceptors (Lipinski definition) is 4. The third-order valence-electron chi connectivity index (χ3n) is 1.21. The predicted octanol–water partition coefficient (Wildman–Crippen LogP) is 0.468. The van der Waals surface area contributed by atoms with Crippen molar-refractivity contribution in [3.8, 4) is 0 Å². The van der Waals surface area contributed by atoms with Crippen molar-refractivity contribution in [2.45, 2.75) is 6.92 Å². The Bertz CT molecular complexity index is 302. The van der Waals surface area contributed by atoms with Gasteiger partial charge in [-0.25, -0.2) is 20.2 Å². The van der Waals surface area contributed by atoms with E-state index in [0.29, 0.717) is 11.6 Å². The van der Waals surface area contributed by atoms with Crippen molar-refractivity contribution in [1.82, 2.24) is 15.4 Å². The lowest BCUT2D eigenvalue weighted by Crippen LogP contribution is -2.27. The summed E-state index contributed by atoms with van der Waals surface area (Å²) in [5.74, 6) is 1.03. The third-order valence-corrected chi connectivity index (χ3v) is 1.21. The highest BCUT2D eigenvalue weighted by Gasteiger charge is 2.00. The van der Waals surface area contributed by atoms with Crippen LogP contribution in [0.3, 0.4) is 0 Å². The maximum absolute atomic E-state index is 10.9. The van der Waals surface area contributed by atoms with Crippen molar-refractivity contribution in [2.24, 2.45) is 0 Å². The van der Waals surface area contributed by atoms with Crippen molar-refractivity contribution in [3.05, 3.63) is 18.1 Å². The molecule has 0 unspecified atom stereocenters. The van der Waals surface area contributed by atoms with Gasteiger partial charge in [0.15, 0.2) is 0 Å². The Morgan fingerprint density at radius 2 is 2.38 bits per heavy atom. The Kier molecular flexibility index (Phi) is 3.15. The molecule has 2 amide bonds. The molecule has 0 saturated carbocycles. The average molecular weight is 182 g/mol. The number of aryl methyl sites for hydroxylation is 1. The van der Waals surface area contributed by atoms with E-state index in [2.05, 4.69) is 25.6 Å². The van der Waals surface area contributed by atoms with E-state index in [1.807, 2.05) is 0 Å². The summed E-state index contributed by atoms with van der Waals surface area (Å²) in [6.07, 6.45) is 1.56. The fourth-order valence-corrected chi connectivity index (χ4v) is 0.760. The summed E-state index contributed by atoms with van der Waals surface area (Å²) in [5, 5.41) is 2.46. The van der Waals surface area contributed by atoms with Crippen molar-refractivity contribution in [2.75, 3.05) is 12.4 Å². The monoisotopic (exact) mass is 182 g/mol. The second kappa shape index (κ2) is 4.36. The van der Waals surface area contributed by atoms with E-state index in [1.54, 1.807) is 19.2 Å². The quantitative estimate of drug-likeness (QED) is 0.652. The summed E-state index contributed by atoms with van der Waals surface area (Å²) in [4.78, 5) is 23.2. The highest BCUT2D eigenvalue weighted by Crippen LogP contribution is 1.99. The van der Waals surface area contributed by atoms with E-state index in [0.717, 1.165) is 0 Å². The first kappa shape index (κ1) is 9.40. The Balaban J connectivity index is 2.58. The van der Waals surface area contributed by atoms with Gasteiger partial charge in [0, 0.05) is 6.20 Å². The lowest BCUT2D eigenvalue weighted by molar-refractivity contribution is 0.114. The number of rotatable bonds is 2. The molecule has 6 heteroatoms. The van der Waals surface area contributed by atoms with Gasteiger partial charge >= 0.3 is 6.03 Å². The molecule has 6 nitrogen and oxygen atoms in total. The Hall–Kier alpha value is -1.69. The molecule has 0 fully saturated rings. The zero-order valence-corrected chi connectivity index (χ0v) is 7.37. The second-order valence-corrected chi connectivity index (χ2v) is 2.25. The first-order valence-electron chi connectivity index (χ1n) is 3.62. The van der Waals surface area contributed by atoms with Gasteiger partial charge in [0.1, 0.15) is 11.6 Å². The van der Waals surface area contributed by atoms with Crippen LogP contribution in [0.25, 0.3) is 0 Å². The van der Waals surface area contributed by atoms with Crippen molar-refractivity contribution < 1.29 is 9.63 Å². The molecular weight excluding hydrogens is 172 g/mol. The first-order valence-corrected chi connectivity index (χ1v) is 3.62. The molecule has 0 radical (unpaired) electrons. The van der Waals surface area contributed by atoms with Gasteiger partial charge in [-0.15, -0.1) is 0 Å². The summed E-state index contributed by atoms with van der Waals surface area (Å²) in [5.41, 5.74) is 2.10. The third kappa shape index (κ3) is 3.04. The summed E-state index contributed by atoms with van der Waals surface area (Å²) < 4.78 is 0. The molecule has 0 bridgehead atoms. The van der Waals surface area contributed by atoms with E-state index in [1.165, 1.54) is 7.11 Å². The van der Waals surface area contributed by atoms with Gasteiger partial charge in [0.05, 0.1) is 7.11 Å². The molecule has 13 heavy (non-hydrogen) atoms. The van der Waals surface area contributed by atoms with Crippen LogP contribution < -0.4 is 10.8 Å². The van der Waals surface area contributed by atoms with Crippen molar-refractivity contribution in [1.29, 1.82) is 0 Å². The number of amides is 2. The lowest BCUT2D eigenvalue weighted by atomic mass is 10.5.